The Hall–Kier alpha value is -1.88. The number of hydrogen-bond acceptors (Lipinski definition) is 3. The van der Waals surface area contributed by atoms with E-state index in [1.807, 2.05) is 24.4 Å². The van der Waals surface area contributed by atoms with Crippen LogP contribution >= 0.6 is 0 Å². The number of nitrogens with zero attached hydrogens (tertiary/aromatic N) is 3. The molecular formula is C16H19N3O2. The number of carbonyl (C=O) groups excluding carboxylic acids is 1. The number of carbonyl (C=O) groups is 1. The van der Waals surface area contributed by atoms with Crippen molar-refractivity contribution in [2.75, 3.05) is 13.2 Å². The average Bonchev–Trinajstić information content (AvgIpc) is 3.13. The Balaban J connectivity index is 1.77. The van der Waals surface area contributed by atoms with Crippen LogP contribution in [0.3, 0.4) is 0 Å². The summed E-state index contributed by atoms with van der Waals surface area (Å²) in [6.07, 6.45) is 6.14. The zero-order valence-corrected chi connectivity index (χ0v) is 11.9. The van der Waals surface area contributed by atoms with Gasteiger partial charge < -0.3 is 14.4 Å². The van der Waals surface area contributed by atoms with Gasteiger partial charge >= 0.3 is 0 Å². The van der Waals surface area contributed by atoms with E-state index in [2.05, 4.69) is 9.38 Å². The van der Waals surface area contributed by atoms with Crippen LogP contribution in [0.25, 0.3) is 5.52 Å². The monoisotopic (exact) mass is 285 g/mol. The number of imidazole rings is 1. The number of aromatic nitrogens is 2. The number of hydrogen-bond donors (Lipinski definition) is 1. The van der Waals surface area contributed by atoms with Crippen LogP contribution in [0.5, 0.6) is 0 Å². The fraction of sp³-hybridized carbons (Fsp3) is 0.500. The van der Waals surface area contributed by atoms with Gasteiger partial charge in [0.2, 0.25) is 0 Å². The summed E-state index contributed by atoms with van der Waals surface area (Å²) in [7, 11) is 0. The maximum absolute atomic E-state index is 12.8. The molecule has 21 heavy (non-hydrogen) atoms. The number of rotatable bonds is 3. The molecule has 4 rings (SSSR count). The van der Waals surface area contributed by atoms with Gasteiger partial charge in [0.25, 0.3) is 5.91 Å². The zero-order chi connectivity index (χ0) is 14.4. The minimum Gasteiger partial charge on any atom is -0.394 e. The van der Waals surface area contributed by atoms with Gasteiger partial charge in [-0.15, -0.1) is 0 Å². The van der Waals surface area contributed by atoms with E-state index in [9.17, 15) is 9.90 Å². The highest BCUT2D eigenvalue weighted by Gasteiger charge is 2.34. The first kappa shape index (κ1) is 12.8. The highest BCUT2D eigenvalue weighted by molar-refractivity contribution is 5.99. The summed E-state index contributed by atoms with van der Waals surface area (Å²) in [5.74, 6) is 1.46. The summed E-state index contributed by atoms with van der Waals surface area (Å²) in [6.45, 7) is 0.752. The normalized spacial score (nSPS) is 22.1. The highest BCUT2D eigenvalue weighted by atomic mass is 16.3. The molecule has 2 fully saturated rings. The molecule has 1 amide bonds. The second-order valence-corrected chi connectivity index (χ2v) is 6.03. The third-order valence-corrected chi connectivity index (χ3v) is 4.57. The van der Waals surface area contributed by atoms with Crippen LogP contribution in [0.15, 0.2) is 24.4 Å². The summed E-state index contributed by atoms with van der Waals surface area (Å²) in [5, 5.41) is 9.43. The smallest absolute Gasteiger partial charge is 0.275 e. The lowest BCUT2D eigenvalue weighted by molar-refractivity contribution is 0.0674. The molecule has 5 nitrogen and oxygen atoms in total. The van der Waals surface area contributed by atoms with Crippen molar-refractivity contribution < 1.29 is 9.90 Å². The summed E-state index contributed by atoms with van der Waals surface area (Å²) < 4.78 is 2.05. The van der Waals surface area contributed by atoms with Gasteiger partial charge in [0, 0.05) is 18.7 Å². The van der Waals surface area contributed by atoms with Crippen molar-refractivity contribution in [1.29, 1.82) is 0 Å². The molecule has 0 spiro atoms. The number of pyridine rings is 1. The van der Waals surface area contributed by atoms with Gasteiger partial charge in [-0.2, -0.15) is 0 Å². The predicted octanol–water partition coefficient (Wildman–Crippen LogP) is 1.81. The quantitative estimate of drug-likeness (QED) is 0.935. The van der Waals surface area contributed by atoms with E-state index in [1.165, 1.54) is 0 Å². The summed E-state index contributed by atoms with van der Waals surface area (Å²) in [6, 6.07) is 5.82. The van der Waals surface area contributed by atoms with Crippen LogP contribution in [0.1, 0.15) is 47.9 Å². The molecule has 1 aliphatic carbocycles. The molecule has 110 valence electrons. The minimum atomic E-state index is -0.0534. The van der Waals surface area contributed by atoms with Crippen LogP contribution < -0.4 is 0 Å². The first-order chi connectivity index (χ1) is 10.3. The predicted molar refractivity (Wildman–Crippen MR) is 78.3 cm³/mol. The second kappa shape index (κ2) is 4.84. The highest BCUT2D eigenvalue weighted by Crippen LogP contribution is 2.40. The standard InChI is InChI=1S/C16H19N3O2/c20-10-12-4-3-9-18(12)16(21)14-13-5-1-2-8-19(13)15(17-14)11-6-7-11/h1-2,5,8,11-12,20H,3-4,6-7,9-10H2/t12-/m1/s1. The molecule has 0 bridgehead atoms. The number of likely N-dealkylation sites (tertiary alicyclic amines) is 1. The Bertz CT molecular complexity index is 690. The number of aliphatic hydroxyl groups is 1. The lowest BCUT2D eigenvalue weighted by Gasteiger charge is -2.22. The van der Waals surface area contributed by atoms with Crippen molar-refractivity contribution in [2.24, 2.45) is 0 Å². The minimum absolute atomic E-state index is 0.0347. The van der Waals surface area contributed by atoms with Crippen LogP contribution in [-0.4, -0.2) is 44.5 Å². The first-order valence-electron chi connectivity index (χ1n) is 7.68. The van der Waals surface area contributed by atoms with E-state index < -0.39 is 0 Å². The maximum atomic E-state index is 12.8. The van der Waals surface area contributed by atoms with Crippen molar-refractivity contribution in [2.45, 2.75) is 37.6 Å². The summed E-state index contributed by atoms with van der Waals surface area (Å²) >= 11 is 0. The van der Waals surface area contributed by atoms with Crippen LogP contribution in [-0.2, 0) is 0 Å². The van der Waals surface area contributed by atoms with E-state index >= 15 is 0 Å². The summed E-state index contributed by atoms with van der Waals surface area (Å²) in [5.41, 5.74) is 1.42. The molecule has 1 saturated carbocycles. The Kier molecular flexibility index (Phi) is 2.96. The van der Waals surface area contributed by atoms with E-state index in [0.29, 0.717) is 18.2 Å². The van der Waals surface area contributed by atoms with Gasteiger partial charge in [-0.3, -0.25) is 4.79 Å². The van der Waals surface area contributed by atoms with Crippen molar-refractivity contribution in [3.63, 3.8) is 0 Å². The van der Waals surface area contributed by atoms with Gasteiger partial charge in [0.1, 0.15) is 5.82 Å². The van der Waals surface area contributed by atoms with Crippen LogP contribution in [0, 0.1) is 0 Å². The molecule has 0 radical (unpaired) electrons. The zero-order valence-electron chi connectivity index (χ0n) is 11.9. The molecule has 1 N–H and O–H groups in total. The molecule has 1 saturated heterocycles. The van der Waals surface area contributed by atoms with Crippen LogP contribution in [0.2, 0.25) is 0 Å². The lowest BCUT2D eigenvalue weighted by atomic mass is 10.2. The number of fused-ring (bicyclic) bond motifs is 1. The maximum Gasteiger partial charge on any atom is 0.275 e. The van der Waals surface area contributed by atoms with Crippen LogP contribution in [0.4, 0.5) is 0 Å². The molecular weight excluding hydrogens is 266 g/mol. The Labute approximate surface area is 123 Å². The molecule has 2 aromatic heterocycles. The molecule has 3 heterocycles. The third-order valence-electron chi connectivity index (χ3n) is 4.57. The fourth-order valence-corrected chi connectivity index (χ4v) is 3.28. The van der Waals surface area contributed by atoms with Gasteiger partial charge in [0.05, 0.1) is 18.2 Å². The van der Waals surface area contributed by atoms with E-state index in [4.69, 9.17) is 0 Å². The first-order valence-corrected chi connectivity index (χ1v) is 7.68. The van der Waals surface area contributed by atoms with Gasteiger partial charge in [-0.1, -0.05) is 6.07 Å². The SMILES string of the molecule is O=C(c1nc(C2CC2)n2ccccc12)N1CCC[C@@H]1CO. The van der Waals surface area contributed by atoms with Crippen molar-refractivity contribution in [1.82, 2.24) is 14.3 Å². The average molecular weight is 285 g/mol. The lowest BCUT2D eigenvalue weighted by Crippen LogP contribution is -2.37. The Morgan fingerprint density at radius 3 is 2.95 bits per heavy atom. The van der Waals surface area contributed by atoms with E-state index in [-0.39, 0.29) is 18.6 Å². The van der Waals surface area contributed by atoms with Crippen molar-refractivity contribution in [3.8, 4) is 0 Å². The Morgan fingerprint density at radius 1 is 1.33 bits per heavy atom. The fourth-order valence-electron chi connectivity index (χ4n) is 3.28. The molecule has 0 aromatic carbocycles. The second-order valence-electron chi connectivity index (χ2n) is 6.03. The molecule has 2 aliphatic rings. The summed E-state index contributed by atoms with van der Waals surface area (Å²) in [4.78, 5) is 19.3. The largest absolute Gasteiger partial charge is 0.394 e. The van der Waals surface area contributed by atoms with E-state index in [0.717, 1.165) is 37.0 Å². The van der Waals surface area contributed by atoms with Crippen molar-refractivity contribution >= 4 is 11.4 Å². The molecule has 1 atom stereocenters. The molecule has 5 heteroatoms. The van der Waals surface area contributed by atoms with E-state index in [1.54, 1.807) is 4.90 Å². The topological polar surface area (TPSA) is 57.8 Å². The third kappa shape index (κ3) is 2.03. The van der Waals surface area contributed by atoms with Gasteiger partial charge in [-0.05, 0) is 37.8 Å². The number of amides is 1. The van der Waals surface area contributed by atoms with Gasteiger partial charge in [0.15, 0.2) is 5.69 Å². The Morgan fingerprint density at radius 2 is 2.19 bits per heavy atom. The molecule has 2 aromatic rings. The molecule has 1 aliphatic heterocycles. The number of aliphatic hydroxyl groups excluding tert-OH is 1. The van der Waals surface area contributed by atoms with Crippen molar-refractivity contribution in [3.05, 3.63) is 35.9 Å². The molecule has 0 unspecified atom stereocenters. The van der Waals surface area contributed by atoms with Gasteiger partial charge in [-0.25, -0.2) is 4.98 Å².